The van der Waals surface area contributed by atoms with Crippen molar-refractivity contribution in [2.24, 2.45) is 5.73 Å². The van der Waals surface area contributed by atoms with Gasteiger partial charge >= 0.3 is 6.18 Å². The highest BCUT2D eigenvalue weighted by Crippen LogP contribution is 2.34. The number of rotatable bonds is 2. The van der Waals surface area contributed by atoms with E-state index in [2.05, 4.69) is 15.0 Å². The lowest BCUT2D eigenvalue weighted by molar-refractivity contribution is -0.138. The summed E-state index contributed by atoms with van der Waals surface area (Å²) in [5, 5.41) is 0. The summed E-state index contributed by atoms with van der Waals surface area (Å²) < 4.78 is 38.2. The van der Waals surface area contributed by atoms with Crippen molar-refractivity contribution >= 4 is 0 Å². The molecule has 0 bridgehead atoms. The molecule has 0 amide bonds. The van der Waals surface area contributed by atoms with Crippen LogP contribution in [0.2, 0.25) is 0 Å². The summed E-state index contributed by atoms with van der Waals surface area (Å²) in [6.45, 7) is 0. The molecule has 7 heteroatoms. The molecule has 0 saturated carbocycles. The van der Waals surface area contributed by atoms with Crippen molar-refractivity contribution in [3.8, 4) is 0 Å². The second kappa shape index (κ2) is 4.17. The standard InChI is InChI=1S/C10H9F3N4/c11-10(12,13)7-1-2-15-5-6(7)8(14)9-16-3-4-17-9/h1-5,8H,14H2,(H,16,17). The average molecular weight is 242 g/mol. The summed E-state index contributed by atoms with van der Waals surface area (Å²) in [7, 11) is 0. The van der Waals surface area contributed by atoms with Gasteiger partial charge < -0.3 is 10.7 Å². The molecule has 2 aromatic heterocycles. The van der Waals surface area contributed by atoms with Crippen LogP contribution in [0, 0.1) is 0 Å². The Morgan fingerprint density at radius 2 is 2.06 bits per heavy atom. The van der Waals surface area contributed by atoms with E-state index in [9.17, 15) is 13.2 Å². The molecule has 0 spiro atoms. The van der Waals surface area contributed by atoms with Gasteiger partial charge in [0.05, 0.1) is 11.6 Å². The first-order valence-electron chi connectivity index (χ1n) is 4.76. The van der Waals surface area contributed by atoms with Crippen LogP contribution in [0.25, 0.3) is 0 Å². The van der Waals surface area contributed by atoms with Crippen molar-refractivity contribution in [1.82, 2.24) is 15.0 Å². The normalized spacial score (nSPS) is 13.6. The zero-order chi connectivity index (χ0) is 12.5. The van der Waals surface area contributed by atoms with Crippen LogP contribution < -0.4 is 5.73 Å². The van der Waals surface area contributed by atoms with E-state index >= 15 is 0 Å². The summed E-state index contributed by atoms with van der Waals surface area (Å²) in [5.74, 6) is 0.267. The van der Waals surface area contributed by atoms with Gasteiger partial charge in [0.2, 0.25) is 0 Å². The van der Waals surface area contributed by atoms with Gasteiger partial charge in [0.1, 0.15) is 5.82 Å². The quantitative estimate of drug-likeness (QED) is 0.844. The topological polar surface area (TPSA) is 67.6 Å². The maximum Gasteiger partial charge on any atom is 0.416 e. The Morgan fingerprint density at radius 3 is 2.65 bits per heavy atom. The van der Waals surface area contributed by atoms with Crippen LogP contribution in [-0.4, -0.2) is 15.0 Å². The molecule has 4 nitrogen and oxygen atoms in total. The van der Waals surface area contributed by atoms with Crippen molar-refractivity contribution < 1.29 is 13.2 Å². The minimum atomic E-state index is -4.46. The van der Waals surface area contributed by atoms with E-state index in [-0.39, 0.29) is 11.4 Å². The minimum absolute atomic E-state index is 0.102. The van der Waals surface area contributed by atoms with Crippen LogP contribution in [0.1, 0.15) is 23.0 Å². The number of halogens is 3. The maximum absolute atomic E-state index is 12.7. The summed E-state index contributed by atoms with van der Waals surface area (Å²) in [6, 6.07) is -0.0756. The van der Waals surface area contributed by atoms with Crippen LogP contribution >= 0.6 is 0 Å². The summed E-state index contributed by atoms with van der Waals surface area (Å²) >= 11 is 0. The van der Waals surface area contributed by atoms with Crippen LogP contribution in [0.3, 0.4) is 0 Å². The first-order valence-corrected chi connectivity index (χ1v) is 4.76. The third kappa shape index (κ3) is 2.28. The molecule has 2 rings (SSSR count). The molecule has 0 aromatic carbocycles. The van der Waals surface area contributed by atoms with Gasteiger partial charge in [-0.15, -0.1) is 0 Å². The molecule has 3 N–H and O–H groups in total. The van der Waals surface area contributed by atoms with Crippen LogP contribution in [0.15, 0.2) is 30.9 Å². The summed E-state index contributed by atoms with van der Waals surface area (Å²) in [5.41, 5.74) is 4.83. The molecule has 0 aliphatic heterocycles. The molecule has 0 radical (unpaired) electrons. The molecule has 17 heavy (non-hydrogen) atoms. The van der Waals surface area contributed by atoms with Crippen molar-refractivity contribution in [2.45, 2.75) is 12.2 Å². The number of aromatic nitrogens is 3. The number of nitrogens with zero attached hydrogens (tertiary/aromatic N) is 2. The Hall–Kier alpha value is -1.89. The molecule has 0 aliphatic carbocycles. The predicted octanol–water partition coefficient (Wildman–Crippen LogP) is 1.87. The second-order valence-electron chi connectivity index (χ2n) is 3.41. The highest BCUT2D eigenvalue weighted by molar-refractivity contribution is 5.32. The van der Waals surface area contributed by atoms with Gasteiger partial charge in [-0.2, -0.15) is 13.2 Å². The number of H-pyrrole nitrogens is 1. The smallest absolute Gasteiger partial charge is 0.347 e. The summed E-state index contributed by atoms with van der Waals surface area (Å²) in [6.07, 6.45) is 0.664. The molecule has 1 atom stereocenters. The Labute approximate surface area is 94.7 Å². The Kier molecular flexibility index (Phi) is 2.84. The zero-order valence-corrected chi connectivity index (χ0v) is 8.57. The molecule has 1 unspecified atom stereocenters. The first kappa shape index (κ1) is 11.6. The van der Waals surface area contributed by atoms with Crippen molar-refractivity contribution in [2.75, 3.05) is 0 Å². The van der Waals surface area contributed by atoms with Gasteiger partial charge in [0, 0.05) is 30.4 Å². The number of hydrogen-bond acceptors (Lipinski definition) is 3. The van der Waals surface area contributed by atoms with Gasteiger partial charge in [-0.1, -0.05) is 0 Å². The number of pyridine rings is 1. The molecule has 0 aliphatic rings. The fraction of sp³-hybridized carbons (Fsp3) is 0.200. The number of aromatic amines is 1. The lowest BCUT2D eigenvalue weighted by Crippen LogP contribution is -2.19. The van der Waals surface area contributed by atoms with E-state index in [1.165, 1.54) is 12.4 Å². The molecule has 2 heterocycles. The number of nitrogens with two attached hydrogens (primary N) is 1. The molecular weight excluding hydrogens is 233 g/mol. The van der Waals surface area contributed by atoms with Gasteiger partial charge in [0.15, 0.2) is 0 Å². The van der Waals surface area contributed by atoms with E-state index in [4.69, 9.17) is 5.73 Å². The number of hydrogen-bond donors (Lipinski definition) is 2. The predicted molar refractivity (Wildman–Crippen MR) is 53.9 cm³/mol. The summed E-state index contributed by atoms with van der Waals surface area (Å²) in [4.78, 5) is 10.2. The Morgan fingerprint density at radius 1 is 1.29 bits per heavy atom. The van der Waals surface area contributed by atoms with Crippen LogP contribution in [-0.2, 0) is 6.18 Å². The van der Waals surface area contributed by atoms with Crippen molar-refractivity contribution in [3.63, 3.8) is 0 Å². The van der Waals surface area contributed by atoms with Gasteiger partial charge in [-0.05, 0) is 6.07 Å². The third-order valence-electron chi connectivity index (χ3n) is 2.31. The lowest BCUT2D eigenvalue weighted by Gasteiger charge is -2.15. The van der Waals surface area contributed by atoms with E-state index in [0.29, 0.717) is 0 Å². The molecular formula is C10H9F3N4. The fourth-order valence-electron chi connectivity index (χ4n) is 1.51. The minimum Gasteiger partial charge on any atom is -0.347 e. The molecule has 90 valence electrons. The lowest BCUT2D eigenvalue weighted by atomic mass is 10.0. The average Bonchev–Trinajstić information content (AvgIpc) is 2.80. The van der Waals surface area contributed by atoms with Gasteiger partial charge in [0.25, 0.3) is 0 Å². The zero-order valence-electron chi connectivity index (χ0n) is 8.57. The number of imidazole rings is 1. The first-order chi connectivity index (χ1) is 8.00. The SMILES string of the molecule is NC(c1ncc[nH]1)c1cnccc1C(F)(F)F. The maximum atomic E-state index is 12.7. The molecule has 0 saturated heterocycles. The largest absolute Gasteiger partial charge is 0.416 e. The van der Waals surface area contributed by atoms with Crippen LogP contribution in [0.5, 0.6) is 0 Å². The van der Waals surface area contributed by atoms with Crippen molar-refractivity contribution in [3.05, 3.63) is 47.8 Å². The van der Waals surface area contributed by atoms with Gasteiger partial charge in [-0.25, -0.2) is 4.98 Å². The Bertz CT molecular complexity index is 493. The van der Waals surface area contributed by atoms with Crippen molar-refractivity contribution in [1.29, 1.82) is 0 Å². The third-order valence-corrected chi connectivity index (χ3v) is 2.31. The van der Waals surface area contributed by atoms with E-state index in [0.717, 1.165) is 18.5 Å². The monoisotopic (exact) mass is 242 g/mol. The molecule has 0 fully saturated rings. The highest BCUT2D eigenvalue weighted by Gasteiger charge is 2.35. The molecule has 2 aromatic rings. The number of nitrogens with one attached hydrogen (secondary N) is 1. The van der Waals surface area contributed by atoms with E-state index in [1.54, 1.807) is 0 Å². The number of alkyl halides is 3. The van der Waals surface area contributed by atoms with Gasteiger partial charge in [-0.3, -0.25) is 4.98 Å². The van der Waals surface area contributed by atoms with E-state index in [1.807, 2.05) is 0 Å². The highest BCUT2D eigenvalue weighted by atomic mass is 19.4. The Balaban J connectivity index is 2.46. The fourth-order valence-corrected chi connectivity index (χ4v) is 1.51. The second-order valence-corrected chi connectivity index (χ2v) is 3.41. The van der Waals surface area contributed by atoms with E-state index < -0.39 is 17.8 Å². The van der Waals surface area contributed by atoms with Crippen LogP contribution in [0.4, 0.5) is 13.2 Å².